The summed E-state index contributed by atoms with van der Waals surface area (Å²) in [6.07, 6.45) is 2.09. The maximum Gasteiger partial charge on any atom is 0.513 e. The maximum absolute atomic E-state index is 13.2. The molecule has 1 N–H and O–H groups in total. The highest BCUT2D eigenvalue weighted by atomic mass is 35.5. The van der Waals surface area contributed by atoms with Crippen LogP contribution in [0.3, 0.4) is 0 Å². The zero-order chi connectivity index (χ0) is 22.9. The van der Waals surface area contributed by atoms with E-state index in [0.717, 1.165) is 23.4 Å². The minimum absolute atomic E-state index is 0.00677. The molecule has 0 saturated heterocycles. The van der Waals surface area contributed by atoms with Gasteiger partial charge in [0.2, 0.25) is 0 Å². The monoisotopic (exact) mass is 478 g/mol. The molecule has 1 fully saturated rings. The van der Waals surface area contributed by atoms with Gasteiger partial charge in [-0.1, -0.05) is 30.7 Å². The molecule has 9 heteroatoms. The van der Waals surface area contributed by atoms with Crippen LogP contribution in [0.15, 0.2) is 40.6 Å². The van der Waals surface area contributed by atoms with Crippen molar-refractivity contribution in [1.82, 2.24) is 5.32 Å². The molecule has 1 saturated carbocycles. The van der Waals surface area contributed by atoms with Gasteiger partial charge >= 0.3 is 6.16 Å². The van der Waals surface area contributed by atoms with Crippen molar-refractivity contribution in [1.29, 1.82) is 0 Å². The summed E-state index contributed by atoms with van der Waals surface area (Å²) in [5.41, 5.74) is 0.616. The molecule has 1 aromatic rings. The number of ether oxygens (including phenoxy) is 3. The van der Waals surface area contributed by atoms with Crippen LogP contribution in [0.25, 0.3) is 0 Å². The summed E-state index contributed by atoms with van der Waals surface area (Å²) in [5.74, 6) is 0.118. The van der Waals surface area contributed by atoms with Crippen LogP contribution in [0.1, 0.15) is 45.1 Å². The summed E-state index contributed by atoms with van der Waals surface area (Å²) in [6, 6.07) is 7.02. The molecule has 2 unspecified atom stereocenters. The third kappa shape index (κ3) is 4.40. The minimum atomic E-state index is -0.801. The first-order valence-corrected chi connectivity index (χ1v) is 12.1. The molecule has 3 aliphatic rings. The van der Waals surface area contributed by atoms with Gasteiger partial charge in [0.1, 0.15) is 5.76 Å². The van der Waals surface area contributed by atoms with Gasteiger partial charge < -0.3 is 19.5 Å². The molecule has 1 amide bonds. The Hall–Kier alpha value is -2.03. The second kappa shape index (κ2) is 9.45. The zero-order valence-electron chi connectivity index (χ0n) is 18.4. The Morgan fingerprint density at radius 2 is 1.97 bits per heavy atom. The molecular formula is C23H27ClN2O5S. The lowest BCUT2D eigenvalue weighted by Gasteiger charge is -2.37. The molecule has 2 heterocycles. The number of methoxy groups -OCH3 is 1. The second-order valence-electron chi connectivity index (χ2n) is 8.21. The molecule has 1 spiro atoms. The van der Waals surface area contributed by atoms with E-state index in [4.69, 9.17) is 30.8 Å². The number of benzene rings is 1. The Balaban J connectivity index is 1.72. The minimum Gasteiger partial charge on any atom is -0.434 e. The van der Waals surface area contributed by atoms with E-state index in [0.29, 0.717) is 29.2 Å². The molecule has 172 valence electrons. The molecule has 4 rings (SSSR count). The molecule has 0 radical (unpaired) electrons. The van der Waals surface area contributed by atoms with Crippen LogP contribution in [0.2, 0.25) is 5.02 Å². The largest absolute Gasteiger partial charge is 0.513 e. The first kappa shape index (κ1) is 23.1. The fraction of sp³-hybridized carbons (Fsp3) is 0.522. The van der Waals surface area contributed by atoms with Gasteiger partial charge in [0.25, 0.3) is 5.91 Å². The number of amides is 1. The molecule has 1 aromatic carbocycles. The van der Waals surface area contributed by atoms with E-state index in [2.05, 4.69) is 5.32 Å². The number of thioether (sulfide) groups is 1. The standard InChI is InChI=1S/C23H27ClN2O5S/c1-4-30-22(28)31-19-17(20(27)26-23(19)11-9-16(29-3)10-12-23)18-13(2)32-21(25-18)14-5-7-15(24)8-6-14/h5-8,13,16,18H,4,9-12H2,1-3H3,(H,26,27). The summed E-state index contributed by atoms with van der Waals surface area (Å²) in [6.45, 7) is 3.93. The van der Waals surface area contributed by atoms with Gasteiger partial charge in [0.05, 0.1) is 34.9 Å². The third-order valence-electron chi connectivity index (χ3n) is 6.23. The van der Waals surface area contributed by atoms with Crippen molar-refractivity contribution in [3.63, 3.8) is 0 Å². The predicted octanol–water partition coefficient (Wildman–Crippen LogP) is 4.48. The van der Waals surface area contributed by atoms with E-state index in [9.17, 15) is 9.59 Å². The van der Waals surface area contributed by atoms with Crippen molar-refractivity contribution in [3.8, 4) is 0 Å². The number of rotatable bonds is 5. The average Bonchev–Trinajstić information content (AvgIpc) is 3.26. The predicted molar refractivity (Wildman–Crippen MR) is 124 cm³/mol. The smallest absolute Gasteiger partial charge is 0.434 e. The van der Waals surface area contributed by atoms with Gasteiger partial charge in [-0.3, -0.25) is 9.79 Å². The van der Waals surface area contributed by atoms with Crippen LogP contribution >= 0.6 is 23.4 Å². The second-order valence-corrected chi connectivity index (χ2v) is 10.0. The van der Waals surface area contributed by atoms with Gasteiger partial charge in [0, 0.05) is 22.9 Å². The van der Waals surface area contributed by atoms with Gasteiger partial charge in [-0.15, -0.1) is 11.8 Å². The van der Waals surface area contributed by atoms with Crippen LogP contribution in [0.4, 0.5) is 4.79 Å². The number of aliphatic imine (C=N–C) groups is 1. The Labute approximate surface area is 196 Å². The third-order valence-corrected chi connectivity index (χ3v) is 7.68. The Morgan fingerprint density at radius 3 is 2.59 bits per heavy atom. The Kier molecular flexibility index (Phi) is 6.83. The van der Waals surface area contributed by atoms with E-state index < -0.39 is 17.7 Å². The number of nitrogens with one attached hydrogen (secondary N) is 1. The summed E-state index contributed by atoms with van der Waals surface area (Å²) >= 11 is 7.61. The summed E-state index contributed by atoms with van der Waals surface area (Å²) in [4.78, 5) is 30.4. The average molecular weight is 479 g/mol. The molecule has 1 aliphatic carbocycles. The quantitative estimate of drug-likeness (QED) is 0.628. The highest BCUT2D eigenvalue weighted by Crippen LogP contribution is 2.45. The van der Waals surface area contributed by atoms with Gasteiger partial charge in [-0.25, -0.2) is 4.79 Å². The van der Waals surface area contributed by atoms with Gasteiger partial charge in [-0.2, -0.15) is 0 Å². The zero-order valence-corrected chi connectivity index (χ0v) is 19.9. The summed E-state index contributed by atoms with van der Waals surface area (Å²) in [5, 5.41) is 4.60. The van der Waals surface area contributed by atoms with Crippen molar-refractivity contribution >= 4 is 40.5 Å². The van der Waals surface area contributed by atoms with Crippen molar-refractivity contribution in [2.45, 2.75) is 62.5 Å². The highest BCUT2D eigenvalue weighted by Gasteiger charge is 2.53. The van der Waals surface area contributed by atoms with Crippen LogP contribution in [0, 0.1) is 0 Å². The van der Waals surface area contributed by atoms with E-state index in [-0.39, 0.29) is 23.9 Å². The van der Waals surface area contributed by atoms with Crippen molar-refractivity contribution in [2.24, 2.45) is 4.99 Å². The van der Waals surface area contributed by atoms with Gasteiger partial charge in [-0.05, 0) is 44.7 Å². The topological polar surface area (TPSA) is 86.2 Å². The van der Waals surface area contributed by atoms with Crippen LogP contribution in [0.5, 0.6) is 0 Å². The van der Waals surface area contributed by atoms with E-state index in [1.165, 1.54) is 0 Å². The fourth-order valence-corrected chi connectivity index (χ4v) is 5.81. The number of hydrogen-bond donors (Lipinski definition) is 1. The molecule has 32 heavy (non-hydrogen) atoms. The van der Waals surface area contributed by atoms with Crippen molar-refractivity contribution in [2.75, 3.05) is 13.7 Å². The molecule has 2 aliphatic heterocycles. The first-order valence-electron chi connectivity index (χ1n) is 10.8. The molecule has 0 bridgehead atoms. The lowest BCUT2D eigenvalue weighted by Crippen LogP contribution is -2.49. The van der Waals surface area contributed by atoms with E-state index >= 15 is 0 Å². The number of nitrogens with zero attached hydrogens (tertiary/aromatic N) is 1. The van der Waals surface area contributed by atoms with Crippen molar-refractivity contribution < 1.29 is 23.8 Å². The molecular weight excluding hydrogens is 452 g/mol. The number of hydrogen-bond acceptors (Lipinski definition) is 7. The van der Waals surface area contributed by atoms with Crippen LogP contribution in [-0.4, -0.2) is 53.8 Å². The van der Waals surface area contributed by atoms with Crippen LogP contribution < -0.4 is 5.32 Å². The lowest BCUT2D eigenvalue weighted by molar-refractivity contribution is -0.118. The fourth-order valence-electron chi connectivity index (χ4n) is 4.56. The number of carbonyl (C=O) groups is 2. The van der Waals surface area contributed by atoms with Gasteiger partial charge in [0.15, 0.2) is 0 Å². The molecule has 0 aromatic heterocycles. The van der Waals surface area contributed by atoms with Crippen molar-refractivity contribution in [3.05, 3.63) is 46.2 Å². The van der Waals surface area contributed by atoms with E-state index in [1.807, 2.05) is 31.2 Å². The summed E-state index contributed by atoms with van der Waals surface area (Å²) in [7, 11) is 1.69. The lowest BCUT2D eigenvalue weighted by atomic mass is 9.79. The Morgan fingerprint density at radius 1 is 1.28 bits per heavy atom. The first-order chi connectivity index (χ1) is 15.4. The summed E-state index contributed by atoms with van der Waals surface area (Å²) < 4.78 is 16.2. The highest BCUT2D eigenvalue weighted by molar-refractivity contribution is 8.15. The van der Waals surface area contributed by atoms with Crippen LogP contribution in [-0.2, 0) is 19.0 Å². The Bertz CT molecular complexity index is 954. The number of carbonyl (C=O) groups excluding carboxylic acids is 2. The molecule has 2 atom stereocenters. The van der Waals surface area contributed by atoms with E-state index in [1.54, 1.807) is 25.8 Å². The maximum atomic E-state index is 13.2. The SMILES string of the molecule is CCOC(=O)OC1=C(C2N=C(c3ccc(Cl)cc3)SC2C)C(=O)NC12CCC(OC)CC2. The molecule has 7 nitrogen and oxygen atoms in total. The normalized spacial score (nSPS) is 29.8. The number of halogens is 1.